The quantitative estimate of drug-likeness (QED) is 0.947. The van der Waals surface area contributed by atoms with Crippen LogP contribution in [0, 0.1) is 20.8 Å². The van der Waals surface area contributed by atoms with E-state index >= 15 is 0 Å². The summed E-state index contributed by atoms with van der Waals surface area (Å²) < 4.78 is 1.94. The average molecular weight is 298 g/mol. The van der Waals surface area contributed by atoms with Crippen LogP contribution in [0.1, 0.15) is 23.2 Å². The Morgan fingerprint density at radius 2 is 2.05 bits per heavy atom. The van der Waals surface area contributed by atoms with E-state index in [9.17, 15) is 4.79 Å². The molecule has 3 rings (SSSR count). The summed E-state index contributed by atoms with van der Waals surface area (Å²) in [6.45, 7) is 6.99. The Hall–Kier alpha value is -2.30. The molecule has 5 nitrogen and oxygen atoms in total. The number of hydrogen-bond donors (Lipinski definition) is 1. The Bertz CT molecular complexity index is 719. The number of rotatable bonds is 3. The number of carbonyl (C=O) groups excluding carboxylic acids is 1. The van der Waals surface area contributed by atoms with Gasteiger partial charge in [0.1, 0.15) is 6.04 Å². The summed E-state index contributed by atoms with van der Waals surface area (Å²) in [5.41, 5.74) is 5.42. The van der Waals surface area contributed by atoms with E-state index in [0.29, 0.717) is 0 Å². The molecule has 0 spiro atoms. The lowest BCUT2D eigenvalue weighted by Crippen LogP contribution is -2.31. The predicted molar refractivity (Wildman–Crippen MR) is 87.4 cm³/mol. The van der Waals surface area contributed by atoms with Gasteiger partial charge < -0.3 is 10.2 Å². The summed E-state index contributed by atoms with van der Waals surface area (Å²) in [5.74, 6) is 0.152. The van der Waals surface area contributed by atoms with Gasteiger partial charge in [-0.1, -0.05) is 12.1 Å². The Kier molecular flexibility index (Phi) is 3.64. The smallest absolute Gasteiger partial charge is 0.244 e. The lowest BCUT2D eigenvalue weighted by molar-refractivity contribution is -0.127. The number of aryl methyl sites for hydroxylation is 2. The molecule has 1 unspecified atom stereocenters. The van der Waals surface area contributed by atoms with Crippen molar-refractivity contribution in [3.8, 4) is 5.69 Å². The van der Waals surface area contributed by atoms with Crippen molar-refractivity contribution in [1.82, 2.24) is 14.7 Å². The Morgan fingerprint density at radius 3 is 2.73 bits per heavy atom. The molecule has 2 heterocycles. The first-order valence-electron chi connectivity index (χ1n) is 7.61. The van der Waals surface area contributed by atoms with Crippen LogP contribution in [-0.2, 0) is 4.79 Å². The molecule has 0 bridgehead atoms. The van der Waals surface area contributed by atoms with Gasteiger partial charge >= 0.3 is 0 Å². The molecule has 1 saturated heterocycles. The molecule has 116 valence electrons. The summed E-state index contributed by atoms with van der Waals surface area (Å²) in [6, 6.07) is 6.20. The molecule has 2 aromatic rings. The van der Waals surface area contributed by atoms with E-state index in [2.05, 4.69) is 42.5 Å². The number of likely N-dealkylation sites (N-methyl/N-ethyl adjacent to an activating group) is 1. The van der Waals surface area contributed by atoms with E-state index in [1.807, 2.05) is 24.9 Å². The molecule has 0 aliphatic carbocycles. The first-order chi connectivity index (χ1) is 10.5. The molecule has 1 aliphatic rings. The van der Waals surface area contributed by atoms with Gasteiger partial charge in [-0.15, -0.1) is 0 Å². The Labute approximate surface area is 130 Å². The molecule has 5 heteroatoms. The summed E-state index contributed by atoms with van der Waals surface area (Å²) in [7, 11) is 1.84. The zero-order valence-electron chi connectivity index (χ0n) is 13.6. The third kappa shape index (κ3) is 2.47. The van der Waals surface area contributed by atoms with E-state index in [0.717, 1.165) is 30.0 Å². The van der Waals surface area contributed by atoms with Crippen molar-refractivity contribution in [3.05, 3.63) is 41.2 Å². The molecule has 1 fully saturated rings. The van der Waals surface area contributed by atoms with Gasteiger partial charge in [-0.05, 0) is 44.4 Å². The minimum Gasteiger partial charge on any atom is -0.371 e. The number of hydrogen-bond acceptors (Lipinski definition) is 3. The van der Waals surface area contributed by atoms with E-state index in [1.54, 1.807) is 4.90 Å². The molecule has 1 aromatic carbocycles. The van der Waals surface area contributed by atoms with E-state index < -0.39 is 0 Å². The first kappa shape index (κ1) is 14.6. The number of carbonyl (C=O) groups is 1. The van der Waals surface area contributed by atoms with Crippen molar-refractivity contribution in [2.75, 3.05) is 18.9 Å². The van der Waals surface area contributed by atoms with E-state index in [-0.39, 0.29) is 11.9 Å². The first-order valence-corrected chi connectivity index (χ1v) is 7.61. The number of benzene rings is 1. The third-order valence-corrected chi connectivity index (χ3v) is 4.36. The van der Waals surface area contributed by atoms with Gasteiger partial charge in [-0.3, -0.25) is 4.79 Å². The van der Waals surface area contributed by atoms with Gasteiger partial charge in [0.2, 0.25) is 5.91 Å². The maximum Gasteiger partial charge on any atom is 0.244 e. The van der Waals surface area contributed by atoms with Gasteiger partial charge in [0.25, 0.3) is 0 Å². The van der Waals surface area contributed by atoms with Crippen LogP contribution in [-0.4, -0.2) is 40.2 Å². The number of aromatic nitrogens is 2. The topological polar surface area (TPSA) is 50.2 Å². The number of nitrogens with zero attached hydrogens (tertiary/aromatic N) is 3. The molecular weight excluding hydrogens is 276 g/mol. The monoisotopic (exact) mass is 298 g/mol. The van der Waals surface area contributed by atoms with Crippen LogP contribution in [0.15, 0.2) is 24.4 Å². The largest absolute Gasteiger partial charge is 0.371 e. The van der Waals surface area contributed by atoms with Crippen LogP contribution in [0.25, 0.3) is 5.69 Å². The Balaban J connectivity index is 1.89. The van der Waals surface area contributed by atoms with Gasteiger partial charge in [0.05, 0.1) is 23.3 Å². The third-order valence-electron chi connectivity index (χ3n) is 4.36. The fraction of sp³-hybridized carbons (Fsp3) is 0.412. The van der Waals surface area contributed by atoms with Crippen LogP contribution in [0.3, 0.4) is 0 Å². The molecule has 1 aliphatic heterocycles. The standard InChI is InChI=1S/C17H22N4O/c1-11-5-6-12(2)16(9-11)21-13(3)15(10-18-21)19-14-7-8-20(4)17(14)22/h5-6,9-10,14,19H,7-8H2,1-4H3. The predicted octanol–water partition coefficient (Wildman–Crippen LogP) is 2.44. The van der Waals surface area contributed by atoms with Crippen molar-refractivity contribution in [3.63, 3.8) is 0 Å². The number of amides is 1. The second-order valence-corrected chi connectivity index (χ2v) is 6.09. The van der Waals surface area contributed by atoms with Crippen molar-refractivity contribution in [2.24, 2.45) is 0 Å². The highest BCUT2D eigenvalue weighted by Gasteiger charge is 2.29. The summed E-state index contributed by atoms with van der Waals surface area (Å²) in [6.07, 6.45) is 2.64. The number of likely N-dealkylation sites (tertiary alicyclic amines) is 1. The van der Waals surface area contributed by atoms with Crippen molar-refractivity contribution >= 4 is 11.6 Å². The minimum atomic E-state index is -0.139. The van der Waals surface area contributed by atoms with Crippen molar-refractivity contribution < 1.29 is 4.79 Å². The van der Waals surface area contributed by atoms with Crippen LogP contribution < -0.4 is 5.32 Å². The van der Waals surface area contributed by atoms with Crippen LogP contribution in [0.2, 0.25) is 0 Å². The van der Waals surface area contributed by atoms with E-state index in [1.165, 1.54) is 11.1 Å². The number of nitrogens with one attached hydrogen (secondary N) is 1. The SMILES string of the molecule is Cc1ccc(C)c(-n2ncc(NC3CCN(C)C3=O)c2C)c1. The average Bonchev–Trinajstić information content (AvgIpc) is 3.00. The van der Waals surface area contributed by atoms with Gasteiger partial charge in [-0.25, -0.2) is 4.68 Å². The minimum absolute atomic E-state index is 0.139. The molecule has 22 heavy (non-hydrogen) atoms. The maximum absolute atomic E-state index is 12.0. The molecule has 1 amide bonds. The molecule has 0 saturated carbocycles. The van der Waals surface area contributed by atoms with Gasteiger partial charge in [0.15, 0.2) is 0 Å². The second-order valence-electron chi connectivity index (χ2n) is 6.09. The van der Waals surface area contributed by atoms with Gasteiger partial charge in [0, 0.05) is 13.6 Å². The van der Waals surface area contributed by atoms with E-state index in [4.69, 9.17) is 0 Å². The lowest BCUT2D eigenvalue weighted by atomic mass is 10.1. The van der Waals surface area contributed by atoms with Crippen LogP contribution in [0.4, 0.5) is 5.69 Å². The second kappa shape index (κ2) is 5.48. The van der Waals surface area contributed by atoms with Gasteiger partial charge in [-0.2, -0.15) is 5.10 Å². The number of anilines is 1. The fourth-order valence-corrected chi connectivity index (χ4v) is 2.89. The summed E-state index contributed by atoms with van der Waals surface area (Å²) in [5, 5.41) is 7.84. The maximum atomic E-state index is 12.0. The molecule has 0 radical (unpaired) electrons. The summed E-state index contributed by atoms with van der Waals surface area (Å²) >= 11 is 0. The van der Waals surface area contributed by atoms with Crippen molar-refractivity contribution in [1.29, 1.82) is 0 Å². The van der Waals surface area contributed by atoms with Crippen molar-refractivity contribution in [2.45, 2.75) is 33.2 Å². The molecule has 1 aromatic heterocycles. The fourth-order valence-electron chi connectivity index (χ4n) is 2.89. The normalized spacial score (nSPS) is 18.1. The zero-order valence-corrected chi connectivity index (χ0v) is 13.6. The molecule has 1 N–H and O–H groups in total. The highest BCUT2D eigenvalue weighted by atomic mass is 16.2. The highest BCUT2D eigenvalue weighted by Crippen LogP contribution is 2.24. The van der Waals surface area contributed by atoms with Crippen LogP contribution in [0.5, 0.6) is 0 Å². The summed E-state index contributed by atoms with van der Waals surface area (Å²) in [4.78, 5) is 13.8. The Morgan fingerprint density at radius 1 is 1.27 bits per heavy atom. The lowest BCUT2D eigenvalue weighted by Gasteiger charge is -2.14. The highest BCUT2D eigenvalue weighted by molar-refractivity contribution is 5.86. The zero-order chi connectivity index (χ0) is 15.9. The molecule has 1 atom stereocenters. The van der Waals surface area contributed by atoms with Crippen LogP contribution >= 0.6 is 0 Å². The molecular formula is C17H22N4O.